The molecule has 224 valence electrons. The average Bonchev–Trinajstić information content (AvgIpc) is 3.76. The molecule has 7 rings (SSSR count). The van der Waals surface area contributed by atoms with Gasteiger partial charge in [0.05, 0.1) is 36.3 Å². The lowest BCUT2D eigenvalue weighted by Crippen LogP contribution is -2.63. The molecule has 13 nitrogen and oxygen atoms in total. The molecule has 0 aliphatic carbocycles. The summed E-state index contributed by atoms with van der Waals surface area (Å²) in [6, 6.07) is 14.6. The maximum Gasteiger partial charge on any atom is 0.247 e. The highest BCUT2D eigenvalue weighted by Gasteiger charge is 2.46. The molecule has 5 aromatic rings. The second-order valence-corrected chi connectivity index (χ2v) is 11.7. The molecule has 1 amide bonds. The van der Waals surface area contributed by atoms with Crippen molar-refractivity contribution >= 4 is 28.9 Å². The summed E-state index contributed by atoms with van der Waals surface area (Å²) in [6.07, 6.45) is 9.61. The summed E-state index contributed by atoms with van der Waals surface area (Å²) in [6.45, 7) is 6.77. The molecular formula is C31H34N12O. The maximum absolute atomic E-state index is 12.7. The number of nitrogens with zero attached hydrogens (tertiary/aromatic N) is 11. The summed E-state index contributed by atoms with van der Waals surface area (Å²) in [5.74, 6) is 0.493. The third-order valence-electron chi connectivity index (χ3n) is 8.63. The van der Waals surface area contributed by atoms with Crippen molar-refractivity contribution < 1.29 is 4.79 Å². The van der Waals surface area contributed by atoms with E-state index < -0.39 is 5.54 Å². The number of hydrogen-bond acceptors (Lipinski definition) is 9. The number of pyridine rings is 1. The number of amides is 1. The number of aryl methyl sites for hydroxylation is 1. The molecule has 2 aliphatic heterocycles. The zero-order valence-electron chi connectivity index (χ0n) is 24.8. The van der Waals surface area contributed by atoms with Crippen LogP contribution in [0.25, 0.3) is 16.8 Å². The van der Waals surface area contributed by atoms with Crippen molar-refractivity contribution in [1.82, 2.24) is 44.0 Å². The number of fused-ring (bicyclic) bond motifs is 1. The van der Waals surface area contributed by atoms with Crippen LogP contribution >= 0.6 is 0 Å². The fraction of sp³-hybridized carbons (Fsp3) is 0.355. The molecular weight excluding hydrogens is 556 g/mol. The first-order valence-corrected chi connectivity index (χ1v) is 14.7. The van der Waals surface area contributed by atoms with E-state index in [2.05, 4.69) is 63.7 Å². The lowest BCUT2D eigenvalue weighted by Gasteiger charge is -2.50. The number of carbonyl (C=O) groups excluding carboxylic acids is 1. The fourth-order valence-corrected chi connectivity index (χ4v) is 6.07. The number of anilines is 3. The van der Waals surface area contributed by atoms with Crippen LogP contribution < -0.4 is 10.2 Å². The second kappa shape index (κ2) is 11.1. The Bertz CT molecular complexity index is 1850. The molecule has 44 heavy (non-hydrogen) atoms. The average molecular weight is 591 g/mol. The first-order chi connectivity index (χ1) is 21.4. The summed E-state index contributed by atoms with van der Waals surface area (Å²) in [5, 5.41) is 26.6. The highest BCUT2D eigenvalue weighted by atomic mass is 16.2. The van der Waals surface area contributed by atoms with Gasteiger partial charge in [-0.25, -0.2) is 4.52 Å². The number of nitriles is 1. The standard InChI is InChI=1S/C31H34N12O/c1-23-6-3-4-7-26(23)24-16-34-43(18-24)31(9-10-32)21-40(22-31)27-8-5-11-42-29(27)36-30(37-42)35-25-17-33-41(19-25)20-28(44)39-14-12-38(2)13-15-39/h3-8,11,16-19H,9,12-15,20-22H2,1-2H3,(H,35,37). The number of nitrogens with one attached hydrogen (secondary N) is 1. The fourth-order valence-electron chi connectivity index (χ4n) is 6.07. The van der Waals surface area contributed by atoms with Crippen molar-refractivity contribution in [3.8, 4) is 17.2 Å². The summed E-state index contributed by atoms with van der Waals surface area (Å²) in [4.78, 5) is 23.8. The van der Waals surface area contributed by atoms with Gasteiger partial charge in [-0.3, -0.25) is 14.2 Å². The van der Waals surface area contributed by atoms with Crippen LogP contribution in [0.3, 0.4) is 0 Å². The molecule has 0 atom stereocenters. The molecule has 6 heterocycles. The topological polar surface area (TPSA) is 128 Å². The number of likely N-dealkylation sites (N-methyl/N-ethyl adjacent to an activating group) is 1. The number of piperazine rings is 1. The van der Waals surface area contributed by atoms with Crippen LogP contribution in [0.1, 0.15) is 12.0 Å². The number of benzene rings is 1. The van der Waals surface area contributed by atoms with Gasteiger partial charge in [-0.05, 0) is 37.2 Å². The Kier molecular flexibility index (Phi) is 6.98. The van der Waals surface area contributed by atoms with Crippen LogP contribution in [-0.2, 0) is 16.9 Å². The predicted octanol–water partition coefficient (Wildman–Crippen LogP) is 2.74. The second-order valence-electron chi connectivity index (χ2n) is 11.7. The van der Waals surface area contributed by atoms with Crippen LogP contribution in [0.5, 0.6) is 0 Å². The molecule has 0 bridgehead atoms. The summed E-state index contributed by atoms with van der Waals surface area (Å²) >= 11 is 0. The first kappa shape index (κ1) is 27.6. The summed E-state index contributed by atoms with van der Waals surface area (Å²) in [5.41, 5.74) is 5.28. The van der Waals surface area contributed by atoms with E-state index in [1.54, 1.807) is 21.6 Å². The number of hydrogen-bond donors (Lipinski definition) is 1. The van der Waals surface area contributed by atoms with Crippen molar-refractivity contribution in [2.24, 2.45) is 0 Å². The summed E-state index contributed by atoms with van der Waals surface area (Å²) in [7, 11) is 2.07. The Morgan fingerprint density at radius 2 is 1.86 bits per heavy atom. The van der Waals surface area contributed by atoms with E-state index in [9.17, 15) is 10.1 Å². The van der Waals surface area contributed by atoms with Crippen LogP contribution in [0.4, 0.5) is 17.3 Å². The third-order valence-corrected chi connectivity index (χ3v) is 8.63. The highest BCUT2D eigenvalue weighted by Crippen LogP contribution is 2.38. The van der Waals surface area contributed by atoms with Gasteiger partial charge in [0.25, 0.3) is 0 Å². The third kappa shape index (κ3) is 5.13. The van der Waals surface area contributed by atoms with Gasteiger partial charge >= 0.3 is 0 Å². The summed E-state index contributed by atoms with van der Waals surface area (Å²) < 4.78 is 5.34. The van der Waals surface area contributed by atoms with Gasteiger partial charge in [0.2, 0.25) is 11.9 Å². The van der Waals surface area contributed by atoms with Crippen LogP contribution in [-0.4, -0.2) is 96.2 Å². The lowest BCUT2D eigenvalue weighted by molar-refractivity contribution is -0.133. The Morgan fingerprint density at radius 3 is 2.66 bits per heavy atom. The monoisotopic (exact) mass is 590 g/mol. The van der Waals surface area contributed by atoms with Gasteiger partial charge in [0, 0.05) is 63.4 Å². The normalized spacial score (nSPS) is 16.6. The van der Waals surface area contributed by atoms with Crippen molar-refractivity contribution in [2.75, 3.05) is 56.5 Å². The molecule has 0 saturated carbocycles. The van der Waals surface area contributed by atoms with Gasteiger partial charge in [-0.2, -0.15) is 20.4 Å². The molecule has 4 aromatic heterocycles. The molecule has 13 heteroatoms. The first-order valence-electron chi connectivity index (χ1n) is 14.7. The van der Waals surface area contributed by atoms with E-state index in [1.165, 1.54) is 5.56 Å². The van der Waals surface area contributed by atoms with E-state index in [1.807, 2.05) is 46.2 Å². The minimum atomic E-state index is -0.431. The molecule has 0 unspecified atom stereocenters. The van der Waals surface area contributed by atoms with E-state index in [0.29, 0.717) is 36.8 Å². The number of aromatic nitrogens is 7. The van der Waals surface area contributed by atoms with Crippen LogP contribution in [0.15, 0.2) is 67.4 Å². The van der Waals surface area contributed by atoms with Gasteiger partial charge in [0.15, 0.2) is 5.65 Å². The van der Waals surface area contributed by atoms with E-state index in [0.717, 1.165) is 43.0 Å². The Labute approximate surface area is 254 Å². The van der Waals surface area contributed by atoms with E-state index in [-0.39, 0.29) is 12.5 Å². The molecule has 0 radical (unpaired) electrons. The lowest BCUT2D eigenvalue weighted by atomic mass is 9.86. The largest absolute Gasteiger partial charge is 0.363 e. The van der Waals surface area contributed by atoms with Crippen molar-refractivity contribution in [1.29, 1.82) is 5.26 Å². The molecule has 2 saturated heterocycles. The van der Waals surface area contributed by atoms with Crippen LogP contribution in [0.2, 0.25) is 0 Å². The van der Waals surface area contributed by atoms with Gasteiger partial charge in [0.1, 0.15) is 12.1 Å². The minimum Gasteiger partial charge on any atom is -0.363 e. The van der Waals surface area contributed by atoms with Crippen molar-refractivity contribution in [2.45, 2.75) is 25.4 Å². The van der Waals surface area contributed by atoms with Crippen LogP contribution in [0, 0.1) is 18.3 Å². The number of carbonyl (C=O) groups is 1. The van der Waals surface area contributed by atoms with Gasteiger partial charge < -0.3 is 20.0 Å². The quantitative estimate of drug-likeness (QED) is 0.290. The molecule has 2 aliphatic rings. The zero-order chi connectivity index (χ0) is 30.3. The minimum absolute atomic E-state index is 0.0618. The van der Waals surface area contributed by atoms with Crippen molar-refractivity contribution in [3.05, 3.63) is 72.9 Å². The zero-order valence-corrected chi connectivity index (χ0v) is 24.8. The SMILES string of the molecule is Cc1ccccc1-c1cnn(C2(CC#N)CN(c3cccn4nc(Nc5cnn(CC(=O)N6CCN(C)CC6)c5)nc34)C2)c1. The highest BCUT2D eigenvalue weighted by molar-refractivity contribution is 5.76. The van der Waals surface area contributed by atoms with E-state index in [4.69, 9.17) is 10.1 Å². The van der Waals surface area contributed by atoms with Gasteiger partial charge in [-0.1, -0.05) is 24.3 Å². The predicted molar refractivity (Wildman–Crippen MR) is 165 cm³/mol. The maximum atomic E-state index is 12.7. The Morgan fingerprint density at radius 1 is 1.05 bits per heavy atom. The van der Waals surface area contributed by atoms with E-state index >= 15 is 0 Å². The number of rotatable bonds is 8. The Balaban J connectivity index is 1.05. The Hall–Kier alpha value is -5.22. The van der Waals surface area contributed by atoms with Crippen molar-refractivity contribution in [3.63, 3.8) is 0 Å². The smallest absolute Gasteiger partial charge is 0.247 e. The molecule has 1 N–H and O–H groups in total. The molecule has 1 aromatic carbocycles. The molecule has 0 spiro atoms. The molecule has 2 fully saturated rings. The van der Waals surface area contributed by atoms with Gasteiger partial charge in [-0.15, -0.1) is 5.10 Å².